The Morgan fingerprint density at radius 1 is 1.14 bits per heavy atom. The van der Waals surface area contributed by atoms with Crippen molar-refractivity contribution in [2.45, 2.75) is 6.42 Å². The molecule has 0 saturated heterocycles. The predicted octanol–water partition coefficient (Wildman–Crippen LogP) is 3.85. The van der Waals surface area contributed by atoms with Crippen molar-refractivity contribution in [1.29, 1.82) is 0 Å². The molecule has 0 radical (unpaired) electrons. The number of nitrogens with zero attached hydrogens (tertiary/aromatic N) is 2. The average Bonchev–Trinajstić information content (AvgIpc) is 2.49. The van der Waals surface area contributed by atoms with Gasteiger partial charge in [-0.1, -0.05) is 23.7 Å². The molecule has 3 aromatic rings. The summed E-state index contributed by atoms with van der Waals surface area (Å²) in [6, 6.07) is 9.48. The summed E-state index contributed by atoms with van der Waals surface area (Å²) in [7, 11) is 0. The Bertz CT molecular complexity index is 830. The topological polar surface area (TPSA) is 42.9 Å². The zero-order valence-electron chi connectivity index (χ0n) is 10.9. The van der Waals surface area contributed by atoms with Crippen molar-refractivity contribution in [2.75, 3.05) is 0 Å². The molecule has 3 rings (SSSR count). The van der Waals surface area contributed by atoms with E-state index < -0.39 is 5.82 Å². The first kappa shape index (κ1) is 13.6. The quantitative estimate of drug-likeness (QED) is 0.690. The van der Waals surface area contributed by atoms with Gasteiger partial charge in [0.05, 0.1) is 11.0 Å². The molecule has 0 atom stereocenters. The van der Waals surface area contributed by atoms with Crippen molar-refractivity contribution >= 4 is 28.4 Å². The van der Waals surface area contributed by atoms with Crippen LogP contribution in [0.15, 0.2) is 48.8 Å². The van der Waals surface area contributed by atoms with E-state index in [-0.39, 0.29) is 12.2 Å². The van der Waals surface area contributed by atoms with E-state index in [9.17, 15) is 9.18 Å². The number of hydrogen-bond donors (Lipinski definition) is 0. The van der Waals surface area contributed by atoms with Gasteiger partial charge in [0.1, 0.15) is 5.82 Å². The third-order valence-corrected chi connectivity index (χ3v) is 3.40. The van der Waals surface area contributed by atoms with Crippen LogP contribution < -0.4 is 0 Å². The molecule has 0 bridgehead atoms. The van der Waals surface area contributed by atoms with E-state index in [4.69, 9.17) is 11.6 Å². The Labute approximate surface area is 125 Å². The molecule has 0 fully saturated rings. The second-order valence-electron chi connectivity index (χ2n) is 4.57. The maximum absolute atomic E-state index is 13.8. The number of rotatable bonds is 3. The number of carbonyl (C=O) groups is 1. The van der Waals surface area contributed by atoms with E-state index in [0.717, 1.165) is 0 Å². The van der Waals surface area contributed by atoms with Gasteiger partial charge in [-0.05, 0) is 29.8 Å². The number of benzene rings is 2. The highest BCUT2D eigenvalue weighted by Gasteiger charge is 2.14. The van der Waals surface area contributed by atoms with Gasteiger partial charge >= 0.3 is 0 Å². The van der Waals surface area contributed by atoms with Crippen molar-refractivity contribution < 1.29 is 9.18 Å². The van der Waals surface area contributed by atoms with E-state index in [0.29, 0.717) is 27.2 Å². The molecular formula is C16H10ClFN2O. The molecule has 0 aliphatic heterocycles. The molecule has 0 amide bonds. The van der Waals surface area contributed by atoms with Gasteiger partial charge in [0, 0.05) is 29.4 Å². The van der Waals surface area contributed by atoms with Crippen molar-refractivity contribution in [3.05, 3.63) is 70.8 Å². The van der Waals surface area contributed by atoms with Crippen LogP contribution >= 0.6 is 11.6 Å². The Morgan fingerprint density at radius 3 is 2.76 bits per heavy atom. The maximum Gasteiger partial charge on any atom is 0.169 e. The van der Waals surface area contributed by atoms with Gasteiger partial charge in [0.15, 0.2) is 5.78 Å². The minimum Gasteiger partial charge on any atom is -0.294 e. The second kappa shape index (κ2) is 5.58. The SMILES string of the molecule is O=C(Cc1ccc(Cl)cc1F)c1cccc2nccnc12. The summed E-state index contributed by atoms with van der Waals surface area (Å²) in [6.07, 6.45) is 3.05. The van der Waals surface area contributed by atoms with E-state index in [1.54, 1.807) is 30.5 Å². The van der Waals surface area contributed by atoms with E-state index in [1.165, 1.54) is 18.3 Å². The van der Waals surface area contributed by atoms with Crippen LogP contribution in [0, 0.1) is 5.82 Å². The molecule has 3 nitrogen and oxygen atoms in total. The first-order chi connectivity index (χ1) is 10.1. The van der Waals surface area contributed by atoms with E-state index in [2.05, 4.69) is 9.97 Å². The van der Waals surface area contributed by atoms with Crippen LogP contribution in [0.5, 0.6) is 0 Å². The normalized spacial score (nSPS) is 10.8. The number of carbonyl (C=O) groups excluding carboxylic acids is 1. The highest BCUT2D eigenvalue weighted by atomic mass is 35.5. The molecule has 5 heteroatoms. The molecule has 21 heavy (non-hydrogen) atoms. The number of Topliss-reactive ketones (excluding diaryl/α,β-unsaturated/α-hetero) is 1. The second-order valence-corrected chi connectivity index (χ2v) is 5.00. The summed E-state index contributed by atoms with van der Waals surface area (Å²) in [5, 5.41) is 0.305. The summed E-state index contributed by atoms with van der Waals surface area (Å²) in [5.41, 5.74) is 1.92. The molecule has 1 heterocycles. The van der Waals surface area contributed by atoms with Gasteiger partial charge in [-0.15, -0.1) is 0 Å². The van der Waals surface area contributed by atoms with E-state index in [1.807, 2.05) is 0 Å². The van der Waals surface area contributed by atoms with Crippen molar-refractivity contribution in [3.8, 4) is 0 Å². The third-order valence-electron chi connectivity index (χ3n) is 3.17. The fraction of sp³-hybridized carbons (Fsp3) is 0.0625. The molecule has 0 saturated carbocycles. The van der Waals surface area contributed by atoms with Crippen LogP contribution in [0.2, 0.25) is 5.02 Å². The summed E-state index contributed by atoms with van der Waals surface area (Å²) >= 11 is 5.71. The number of hydrogen-bond acceptors (Lipinski definition) is 3. The number of fused-ring (bicyclic) bond motifs is 1. The monoisotopic (exact) mass is 300 g/mol. The average molecular weight is 301 g/mol. The molecule has 0 aliphatic rings. The fourth-order valence-corrected chi connectivity index (χ4v) is 2.31. The minimum absolute atomic E-state index is 0.0430. The summed E-state index contributed by atoms with van der Waals surface area (Å²) in [5.74, 6) is -0.690. The van der Waals surface area contributed by atoms with Crippen molar-refractivity contribution in [1.82, 2.24) is 9.97 Å². The first-order valence-corrected chi connectivity index (χ1v) is 6.70. The van der Waals surface area contributed by atoms with Crippen LogP contribution in [0.25, 0.3) is 11.0 Å². The number of para-hydroxylation sites is 1. The van der Waals surface area contributed by atoms with Gasteiger partial charge in [-0.3, -0.25) is 14.8 Å². The van der Waals surface area contributed by atoms with Gasteiger partial charge in [0.2, 0.25) is 0 Å². The lowest BCUT2D eigenvalue weighted by Crippen LogP contribution is -2.06. The van der Waals surface area contributed by atoms with Crippen LogP contribution in [0.4, 0.5) is 4.39 Å². The lowest BCUT2D eigenvalue weighted by molar-refractivity contribution is 0.0993. The Kier molecular flexibility index (Phi) is 3.62. The van der Waals surface area contributed by atoms with Crippen LogP contribution in [0.3, 0.4) is 0 Å². The Hall–Kier alpha value is -2.33. The molecule has 0 aliphatic carbocycles. The molecule has 2 aromatic carbocycles. The predicted molar refractivity (Wildman–Crippen MR) is 79.0 cm³/mol. The standard InChI is InChI=1S/C16H10ClFN2O/c17-11-5-4-10(13(18)9-11)8-15(21)12-2-1-3-14-16(12)20-7-6-19-14/h1-7,9H,8H2. The minimum atomic E-state index is -0.484. The van der Waals surface area contributed by atoms with Gasteiger partial charge < -0.3 is 0 Å². The summed E-state index contributed by atoms with van der Waals surface area (Å²) in [6.45, 7) is 0. The highest BCUT2D eigenvalue weighted by molar-refractivity contribution is 6.30. The number of halogens is 2. The smallest absolute Gasteiger partial charge is 0.169 e. The molecule has 0 unspecified atom stereocenters. The molecule has 0 N–H and O–H groups in total. The largest absolute Gasteiger partial charge is 0.294 e. The molecule has 1 aromatic heterocycles. The number of aromatic nitrogens is 2. The lowest BCUT2D eigenvalue weighted by Gasteiger charge is -2.06. The Morgan fingerprint density at radius 2 is 1.95 bits per heavy atom. The van der Waals surface area contributed by atoms with Crippen molar-refractivity contribution in [3.63, 3.8) is 0 Å². The number of ketones is 1. The first-order valence-electron chi connectivity index (χ1n) is 6.32. The zero-order valence-corrected chi connectivity index (χ0v) is 11.6. The van der Waals surface area contributed by atoms with Crippen molar-refractivity contribution in [2.24, 2.45) is 0 Å². The van der Waals surface area contributed by atoms with Gasteiger partial charge in [-0.2, -0.15) is 0 Å². The molecular weight excluding hydrogens is 291 g/mol. The fourth-order valence-electron chi connectivity index (χ4n) is 2.15. The Balaban J connectivity index is 1.97. The third kappa shape index (κ3) is 2.76. The van der Waals surface area contributed by atoms with Gasteiger partial charge in [0.25, 0.3) is 0 Å². The van der Waals surface area contributed by atoms with Crippen LogP contribution in [-0.4, -0.2) is 15.8 Å². The summed E-state index contributed by atoms with van der Waals surface area (Å²) in [4.78, 5) is 20.7. The highest BCUT2D eigenvalue weighted by Crippen LogP contribution is 2.19. The molecule has 0 spiro atoms. The maximum atomic E-state index is 13.8. The van der Waals surface area contributed by atoms with Crippen LogP contribution in [-0.2, 0) is 6.42 Å². The summed E-state index contributed by atoms with van der Waals surface area (Å²) < 4.78 is 13.8. The lowest BCUT2D eigenvalue weighted by atomic mass is 10.0. The van der Waals surface area contributed by atoms with Crippen LogP contribution in [0.1, 0.15) is 15.9 Å². The zero-order chi connectivity index (χ0) is 14.8. The van der Waals surface area contributed by atoms with E-state index >= 15 is 0 Å². The molecule has 104 valence electrons. The van der Waals surface area contributed by atoms with Gasteiger partial charge in [-0.25, -0.2) is 4.39 Å².